The quantitative estimate of drug-likeness (QED) is 0.799. The van der Waals surface area contributed by atoms with Crippen LogP contribution in [-0.4, -0.2) is 16.7 Å². The van der Waals surface area contributed by atoms with Gasteiger partial charge >= 0.3 is 0 Å². The third kappa shape index (κ3) is 2.00. The van der Waals surface area contributed by atoms with Crippen LogP contribution in [0.1, 0.15) is 29.5 Å². The minimum atomic E-state index is -0.505. The Labute approximate surface area is 88.8 Å². The zero-order valence-electron chi connectivity index (χ0n) is 8.49. The molecule has 0 unspecified atom stereocenters. The van der Waals surface area contributed by atoms with Crippen molar-refractivity contribution in [3.8, 4) is 0 Å². The van der Waals surface area contributed by atoms with E-state index in [2.05, 4.69) is 19.1 Å². The molecule has 3 N–H and O–H groups in total. The molecule has 14 heavy (non-hydrogen) atoms. The van der Waals surface area contributed by atoms with Gasteiger partial charge in [-0.1, -0.05) is 6.92 Å². The molecule has 2 rings (SSSR count). The van der Waals surface area contributed by atoms with E-state index in [4.69, 9.17) is 5.73 Å². The van der Waals surface area contributed by atoms with Crippen molar-refractivity contribution in [3.05, 3.63) is 21.9 Å². The van der Waals surface area contributed by atoms with E-state index in [0.29, 0.717) is 0 Å². The Morgan fingerprint density at radius 3 is 2.64 bits per heavy atom. The zero-order valence-corrected chi connectivity index (χ0v) is 9.31. The van der Waals surface area contributed by atoms with Crippen LogP contribution < -0.4 is 5.73 Å². The Hall–Kier alpha value is -0.380. The topological polar surface area (TPSA) is 46.2 Å². The van der Waals surface area contributed by atoms with Crippen molar-refractivity contribution in [1.82, 2.24) is 0 Å². The van der Waals surface area contributed by atoms with Crippen LogP contribution in [0.3, 0.4) is 0 Å². The fourth-order valence-electron chi connectivity index (χ4n) is 2.09. The van der Waals surface area contributed by atoms with Crippen LogP contribution in [-0.2, 0) is 12.8 Å². The molecule has 1 aliphatic carbocycles. The van der Waals surface area contributed by atoms with Gasteiger partial charge in [-0.05, 0) is 31.4 Å². The van der Waals surface area contributed by atoms with Crippen molar-refractivity contribution < 1.29 is 5.11 Å². The summed E-state index contributed by atoms with van der Waals surface area (Å²) in [7, 11) is 0. The van der Waals surface area contributed by atoms with Crippen molar-refractivity contribution in [2.45, 2.75) is 44.2 Å². The Kier molecular flexibility index (Phi) is 2.64. The van der Waals surface area contributed by atoms with Gasteiger partial charge in [0, 0.05) is 22.2 Å². The molecule has 1 fully saturated rings. The molecule has 0 saturated heterocycles. The summed E-state index contributed by atoms with van der Waals surface area (Å²) in [6.45, 7) is 2.16. The molecular formula is C11H17NOS. The summed E-state index contributed by atoms with van der Waals surface area (Å²) in [5.74, 6) is 0. The minimum absolute atomic E-state index is 0.214. The van der Waals surface area contributed by atoms with Crippen molar-refractivity contribution >= 4 is 11.3 Å². The highest BCUT2D eigenvalue weighted by atomic mass is 32.1. The summed E-state index contributed by atoms with van der Waals surface area (Å²) in [6.07, 6.45) is 3.38. The molecule has 1 heterocycles. The lowest BCUT2D eigenvalue weighted by atomic mass is 9.74. The highest BCUT2D eigenvalue weighted by Gasteiger charge is 2.40. The first-order chi connectivity index (χ1) is 6.61. The number of rotatable bonds is 3. The molecule has 0 radical (unpaired) electrons. The van der Waals surface area contributed by atoms with Gasteiger partial charge in [0.2, 0.25) is 0 Å². The maximum absolute atomic E-state index is 10.0. The van der Waals surface area contributed by atoms with E-state index >= 15 is 0 Å². The van der Waals surface area contributed by atoms with Gasteiger partial charge in [0.05, 0.1) is 5.60 Å². The lowest BCUT2D eigenvalue weighted by Crippen LogP contribution is -2.52. The smallest absolute Gasteiger partial charge is 0.0725 e. The molecule has 1 aromatic heterocycles. The predicted octanol–water partition coefficient (Wildman–Crippen LogP) is 1.71. The Morgan fingerprint density at radius 1 is 1.50 bits per heavy atom. The van der Waals surface area contributed by atoms with E-state index in [9.17, 15) is 5.11 Å². The molecule has 78 valence electrons. The van der Waals surface area contributed by atoms with Gasteiger partial charge in [-0.15, -0.1) is 11.3 Å². The zero-order chi connectivity index (χ0) is 10.2. The first-order valence-electron chi connectivity index (χ1n) is 5.17. The van der Waals surface area contributed by atoms with Gasteiger partial charge in [-0.25, -0.2) is 0 Å². The lowest BCUT2D eigenvalue weighted by Gasteiger charge is -2.41. The summed E-state index contributed by atoms with van der Waals surface area (Å²) in [4.78, 5) is 2.68. The van der Waals surface area contributed by atoms with Gasteiger partial charge in [0.15, 0.2) is 0 Å². The molecule has 0 spiro atoms. The predicted molar refractivity (Wildman–Crippen MR) is 59.6 cm³/mol. The second-order valence-corrected chi connectivity index (χ2v) is 5.54. The largest absolute Gasteiger partial charge is 0.389 e. The highest BCUT2D eigenvalue weighted by molar-refractivity contribution is 7.12. The first kappa shape index (κ1) is 10.1. The Bertz CT molecular complexity index is 315. The number of thiophene rings is 1. The lowest BCUT2D eigenvalue weighted by molar-refractivity contribution is -0.0448. The van der Waals surface area contributed by atoms with Crippen molar-refractivity contribution in [1.29, 1.82) is 0 Å². The van der Waals surface area contributed by atoms with Crippen LogP contribution in [0.15, 0.2) is 12.1 Å². The average molecular weight is 211 g/mol. The van der Waals surface area contributed by atoms with E-state index in [1.807, 2.05) is 11.3 Å². The van der Waals surface area contributed by atoms with Crippen LogP contribution in [0.4, 0.5) is 0 Å². The molecule has 0 atom stereocenters. The van der Waals surface area contributed by atoms with E-state index < -0.39 is 5.60 Å². The number of hydrogen-bond donors (Lipinski definition) is 2. The van der Waals surface area contributed by atoms with Crippen molar-refractivity contribution in [3.63, 3.8) is 0 Å². The van der Waals surface area contributed by atoms with E-state index in [1.165, 1.54) is 9.75 Å². The molecular weight excluding hydrogens is 194 g/mol. The Balaban J connectivity index is 1.97. The van der Waals surface area contributed by atoms with Crippen molar-refractivity contribution in [2.24, 2.45) is 5.73 Å². The van der Waals surface area contributed by atoms with Gasteiger partial charge in [-0.2, -0.15) is 0 Å². The minimum Gasteiger partial charge on any atom is -0.389 e. The summed E-state index contributed by atoms with van der Waals surface area (Å²) in [5, 5.41) is 10.0. The molecule has 1 aliphatic rings. The normalized spacial score (nSPS) is 31.5. The van der Waals surface area contributed by atoms with Gasteiger partial charge < -0.3 is 10.8 Å². The molecule has 3 heteroatoms. The van der Waals surface area contributed by atoms with Crippen LogP contribution in [0.2, 0.25) is 0 Å². The number of hydrogen-bond acceptors (Lipinski definition) is 3. The van der Waals surface area contributed by atoms with Gasteiger partial charge in [0.25, 0.3) is 0 Å². The SMILES string of the molecule is CCc1ccc(CC2(O)CC(N)C2)s1. The van der Waals surface area contributed by atoms with Gasteiger partial charge in [-0.3, -0.25) is 0 Å². The third-order valence-electron chi connectivity index (χ3n) is 2.85. The fourth-order valence-corrected chi connectivity index (χ4v) is 3.19. The summed E-state index contributed by atoms with van der Waals surface area (Å²) in [5.41, 5.74) is 5.18. The maximum atomic E-state index is 10.0. The fraction of sp³-hybridized carbons (Fsp3) is 0.636. The molecule has 0 amide bonds. The standard InChI is InChI=1S/C11H17NOS/c1-2-9-3-4-10(14-9)7-11(13)5-8(12)6-11/h3-4,8,13H,2,5-7,12H2,1H3. The van der Waals surface area contributed by atoms with Crippen LogP contribution >= 0.6 is 11.3 Å². The van der Waals surface area contributed by atoms with Crippen LogP contribution in [0.5, 0.6) is 0 Å². The molecule has 2 nitrogen and oxygen atoms in total. The second kappa shape index (κ2) is 3.65. The monoisotopic (exact) mass is 211 g/mol. The average Bonchev–Trinajstić information content (AvgIpc) is 2.49. The molecule has 1 saturated carbocycles. The summed E-state index contributed by atoms with van der Waals surface area (Å²) < 4.78 is 0. The summed E-state index contributed by atoms with van der Waals surface area (Å²) >= 11 is 1.81. The first-order valence-corrected chi connectivity index (χ1v) is 5.98. The Morgan fingerprint density at radius 2 is 2.14 bits per heavy atom. The maximum Gasteiger partial charge on any atom is 0.0725 e. The number of nitrogens with two attached hydrogens (primary N) is 1. The molecule has 0 aromatic carbocycles. The van der Waals surface area contributed by atoms with E-state index in [-0.39, 0.29) is 6.04 Å². The van der Waals surface area contributed by atoms with E-state index in [1.54, 1.807) is 0 Å². The van der Waals surface area contributed by atoms with Gasteiger partial charge in [0.1, 0.15) is 0 Å². The number of aliphatic hydroxyl groups is 1. The summed E-state index contributed by atoms with van der Waals surface area (Å²) in [6, 6.07) is 4.50. The van der Waals surface area contributed by atoms with E-state index in [0.717, 1.165) is 25.7 Å². The third-order valence-corrected chi connectivity index (χ3v) is 4.08. The second-order valence-electron chi connectivity index (χ2n) is 4.29. The van der Waals surface area contributed by atoms with Crippen LogP contribution in [0, 0.1) is 0 Å². The molecule has 0 bridgehead atoms. The highest BCUT2D eigenvalue weighted by Crippen LogP contribution is 2.35. The van der Waals surface area contributed by atoms with Crippen LogP contribution in [0.25, 0.3) is 0 Å². The molecule has 0 aliphatic heterocycles. The number of aryl methyl sites for hydroxylation is 1. The van der Waals surface area contributed by atoms with Crippen molar-refractivity contribution in [2.75, 3.05) is 0 Å². The molecule has 1 aromatic rings.